The zero-order valence-electron chi connectivity index (χ0n) is 15.6. The predicted molar refractivity (Wildman–Crippen MR) is 125 cm³/mol. The van der Waals surface area contributed by atoms with Crippen LogP contribution in [0.15, 0.2) is 78.9 Å². The average Bonchev–Trinajstić information content (AvgIpc) is 2.72. The van der Waals surface area contributed by atoms with Gasteiger partial charge in [0.2, 0.25) is 5.91 Å². The quantitative estimate of drug-likeness (QED) is 0.319. The van der Waals surface area contributed by atoms with Crippen LogP contribution in [0.25, 0.3) is 21.5 Å². The highest BCUT2D eigenvalue weighted by Crippen LogP contribution is 2.28. The molecule has 5 heteroatoms. The number of nitrogens with two attached hydrogens (primary N) is 1. The van der Waals surface area contributed by atoms with Crippen LogP contribution in [0.1, 0.15) is 15.9 Å². The van der Waals surface area contributed by atoms with E-state index in [1.807, 2.05) is 72.8 Å². The molecule has 0 saturated carbocycles. The lowest BCUT2D eigenvalue weighted by molar-refractivity contribution is -0.119. The molecule has 4 nitrogen and oxygen atoms in total. The fourth-order valence-electron chi connectivity index (χ4n) is 3.60. The summed E-state index contributed by atoms with van der Waals surface area (Å²) in [6.07, 6.45) is 0.350. The summed E-state index contributed by atoms with van der Waals surface area (Å²) >= 11 is 2.22. The molecule has 1 atom stereocenters. The Morgan fingerprint density at radius 1 is 0.862 bits per heavy atom. The van der Waals surface area contributed by atoms with Gasteiger partial charge in [-0.2, -0.15) is 0 Å². The Balaban J connectivity index is 1.75. The molecule has 4 rings (SSSR count). The van der Waals surface area contributed by atoms with Gasteiger partial charge in [-0.25, -0.2) is 0 Å². The number of carbonyl (C=O) groups is 2. The summed E-state index contributed by atoms with van der Waals surface area (Å²) < 4.78 is 1.03. The van der Waals surface area contributed by atoms with Gasteiger partial charge in [-0.1, -0.05) is 66.7 Å². The molecule has 4 aromatic rings. The molecule has 0 aromatic heterocycles. The minimum absolute atomic E-state index is 0.298. The zero-order valence-corrected chi connectivity index (χ0v) is 17.7. The van der Waals surface area contributed by atoms with E-state index >= 15 is 0 Å². The van der Waals surface area contributed by atoms with Crippen molar-refractivity contribution in [2.24, 2.45) is 5.73 Å². The Morgan fingerprint density at radius 2 is 1.41 bits per heavy atom. The number of carbonyl (C=O) groups excluding carboxylic acids is 2. The van der Waals surface area contributed by atoms with Crippen molar-refractivity contribution in [3.05, 3.63) is 93.6 Å². The standard InChI is InChI=1S/C24H19IN2O2/c25-20-12-6-3-9-17(20)14-21(23(26)28)27-24(29)22-18-10-4-1-7-15(18)13-16-8-2-5-11-19(16)22/h1-13,21H,14H2,(H2,26,28)(H,27,29)/t21-/m0/s1. The molecule has 0 bridgehead atoms. The van der Waals surface area contributed by atoms with E-state index in [4.69, 9.17) is 5.73 Å². The van der Waals surface area contributed by atoms with E-state index < -0.39 is 11.9 Å². The second-order valence-corrected chi connectivity index (χ2v) is 8.08. The molecule has 0 aliphatic heterocycles. The molecule has 29 heavy (non-hydrogen) atoms. The number of rotatable bonds is 5. The molecular formula is C24H19IN2O2. The zero-order chi connectivity index (χ0) is 20.4. The van der Waals surface area contributed by atoms with Crippen molar-refractivity contribution >= 4 is 56.0 Å². The van der Waals surface area contributed by atoms with Crippen LogP contribution in [-0.2, 0) is 11.2 Å². The fraction of sp³-hybridized carbons (Fsp3) is 0.0833. The van der Waals surface area contributed by atoms with Gasteiger partial charge < -0.3 is 11.1 Å². The molecule has 0 spiro atoms. The molecule has 144 valence electrons. The highest BCUT2D eigenvalue weighted by molar-refractivity contribution is 14.1. The minimum atomic E-state index is -0.795. The number of primary amides is 1. The van der Waals surface area contributed by atoms with Gasteiger partial charge in [0.25, 0.3) is 5.91 Å². The first-order valence-corrected chi connectivity index (χ1v) is 10.4. The summed E-state index contributed by atoms with van der Waals surface area (Å²) in [5, 5.41) is 6.53. The van der Waals surface area contributed by atoms with E-state index in [9.17, 15) is 9.59 Å². The van der Waals surface area contributed by atoms with Gasteiger partial charge >= 0.3 is 0 Å². The molecule has 0 aliphatic carbocycles. The van der Waals surface area contributed by atoms with Crippen molar-refractivity contribution in [1.82, 2.24) is 5.32 Å². The average molecular weight is 494 g/mol. The Bertz CT molecular complexity index is 1180. The Morgan fingerprint density at radius 3 is 2.00 bits per heavy atom. The maximum Gasteiger partial charge on any atom is 0.253 e. The summed E-state index contributed by atoms with van der Waals surface area (Å²) in [5.74, 6) is -0.852. The van der Waals surface area contributed by atoms with Crippen LogP contribution in [0.3, 0.4) is 0 Å². The number of halogens is 1. The van der Waals surface area contributed by atoms with Crippen LogP contribution in [-0.4, -0.2) is 17.9 Å². The van der Waals surface area contributed by atoms with Crippen LogP contribution >= 0.6 is 22.6 Å². The number of fused-ring (bicyclic) bond motifs is 2. The Labute approximate surface area is 182 Å². The lowest BCUT2D eigenvalue weighted by Crippen LogP contribution is -2.46. The fourth-order valence-corrected chi connectivity index (χ4v) is 4.20. The molecular weight excluding hydrogens is 475 g/mol. The summed E-state index contributed by atoms with van der Waals surface area (Å²) in [5.41, 5.74) is 7.17. The van der Waals surface area contributed by atoms with Crippen LogP contribution < -0.4 is 11.1 Å². The highest BCUT2D eigenvalue weighted by Gasteiger charge is 2.23. The van der Waals surface area contributed by atoms with E-state index in [1.54, 1.807) is 0 Å². The van der Waals surface area contributed by atoms with E-state index in [1.165, 1.54) is 0 Å². The number of hydrogen-bond donors (Lipinski definition) is 2. The molecule has 0 unspecified atom stereocenters. The number of amides is 2. The maximum atomic E-state index is 13.3. The van der Waals surface area contributed by atoms with Crippen molar-refractivity contribution in [3.63, 3.8) is 0 Å². The van der Waals surface area contributed by atoms with Crippen molar-refractivity contribution in [1.29, 1.82) is 0 Å². The van der Waals surface area contributed by atoms with Crippen molar-refractivity contribution in [3.8, 4) is 0 Å². The largest absolute Gasteiger partial charge is 0.368 e. The summed E-state index contributed by atoms with van der Waals surface area (Å²) in [4.78, 5) is 25.5. The molecule has 0 fully saturated rings. The predicted octanol–water partition coefficient (Wildman–Crippen LogP) is 4.42. The van der Waals surface area contributed by atoms with Crippen LogP contribution in [0, 0.1) is 3.57 Å². The third-order valence-electron chi connectivity index (χ3n) is 5.03. The first kappa shape index (κ1) is 19.4. The molecule has 0 saturated heterocycles. The third-order valence-corrected chi connectivity index (χ3v) is 6.08. The lowest BCUT2D eigenvalue weighted by Gasteiger charge is -2.18. The Hall–Kier alpha value is -2.93. The molecule has 2 amide bonds. The van der Waals surface area contributed by atoms with Crippen LogP contribution in [0.4, 0.5) is 0 Å². The van der Waals surface area contributed by atoms with Gasteiger partial charge in [-0.3, -0.25) is 9.59 Å². The van der Waals surface area contributed by atoms with Gasteiger partial charge in [-0.05, 0) is 61.8 Å². The molecule has 0 heterocycles. The van der Waals surface area contributed by atoms with Crippen LogP contribution in [0.5, 0.6) is 0 Å². The lowest BCUT2D eigenvalue weighted by atomic mass is 9.95. The monoisotopic (exact) mass is 494 g/mol. The van der Waals surface area contributed by atoms with Gasteiger partial charge in [0, 0.05) is 9.99 Å². The summed E-state index contributed by atoms with van der Waals surface area (Å²) in [6, 6.07) is 24.6. The van der Waals surface area contributed by atoms with Gasteiger partial charge in [0.15, 0.2) is 0 Å². The normalized spacial score (nSPS) is 12.0. The second kappa shape index (κ2) is 8.21. The van der Waals surface area contributed by atoms with Crippen LogP contribution in [0.2, 0.25) is 0 Å². The molecule has 3 N–H and O–H groups in total. The SMILES string of the molecule is NC(=O)[C@H](Cc1ccccc1I)NC(=O)c1c2ccccc2cc2ccccc12. The van der Waals surface area contributed by atoms with Crippen molar-refractivity contribution < 1.29 is 9.59 Å². The topological polar surface area (TPSA) is 72.2 Å². The third kappa shape index (κ3) is 3.96. The minimum Gasteiger partial charge on any atom is -0.368 e. The van der Waals surface area contributed by atoms with Gasteiger partial charge in [-0.15, -0.1) is 0 Å². The highest BCUT2D eigenvalue weighted by atomic mass is 127. The summed E-state index contributed by atoms with van der Waals surface area (Å²) in [7, 11) is 0. The molecule has 0 aliphatic rings. The Kier molecular flexibility index (Phi) is 5.49. The maximum absolute atomic E-state index is 13.3. The first-order chi connectivity index (χ1) is 14.0. The van der Waals surface area contributed by atoms with Gasteiger partial charge in [0.1, 0.15) is 6.04 Å². The molecule has 0 radical (unpaired) electrons. The van der Waals surface area contributed by atoms with Crippen molar-refractivity contribution in [2.75, 3.05) is 0 Å². The van der Waals surface area contributed by atoms with E-state index in [0.29, 0.717) is 12.0 Å². The summed E-state index contributed by atoms with van der Waals surface area (Å²) in [6.45, 7) is 0. The number of benzene rings is 4. The molecule has 4 aromatic carbocycles. The van der Waals surface area contributed by atoms with Crippen molar-refractivity contribution in [2.45, 2.75) is 12.5 Å². The van der Waals surface area contributed by atoms with E-state index in [0.717, 1.165) is 30.7 Å². The smallest absolute Gasteiger partial charge is 0.253 e. The van der Waals surface area contributed by atoms with Gasteiger partial charge in [0.05, 0.1) is 5.56 Å². The second-order valence-electron chi connectivity index (χ2n) is 6.92. The first-order valence-electron chi connectivity index (χ1n) is 9.28. The number of nitrogens with one attached hydrogen (secondary N) is 1. The number of hydrogen-bond acceptors (Lipinski definition) is 2. The van der Waals surface area contributed by atoms with E-state index in [-0.39, 0.29) is 5.91 Å². The van der Waals surface area contributed by atoms with E-state index in [2.05, 4.69) is 34.0 Å².